The lowest BCUT2D eigenvalue weighted by Gasteiger charge is -2.35. The minimum Gasteiger partial charge on any atom is -0.377 e. The Kier molecular flexibility index (Phi) is 6.93. The molecule has 0 aromatic heterocycles. The number of piperazine rings is 1. The molecule has 1 saturated heterocycles. The third-order valence-corrected chi connectivity index (χ3v) is 4.77. The SMILES string of the molecule is COCC(=O)N1CCN(CCOC2CCCCC2C)CC1. The lowest BCUT2D eigenvalue weighted by molar-refractivity contribution is -0.137. The van der Waals surface area contributed by atoms with Crippen LogP contribution in [0.15, 0.2) is 0 Å². The average Bonchev–Trinajstić information content (AvgIpc) is 2.50. The van der Waals surface area contributed by atoms with E-state index in [-0.39, 0.29) is 12.5 Å². The fourth-order valence-corrected chi connectivity index (χ4v) is 3.30. The minimum absolute atomic E-state index is 0.101. The number of hydrogen-bond donors (Lipinski definition) is 0. The first-order valence-corrected chi connectivity index (χ1v) is 8.31. The maximum atomic E-state index is 11.7. The van der Waals surface area contributed by atoms with Gasteiger partial charge < -0.3 is 14.4 Å². The summed E-state index contributed by atoms with van der Waals surface area (Å²) < 4.78 is 11.0. The van der Waals surface area contributed by atoms with Crippen molar-refractivity contribution in [3.05, 3.63) is 0 Å². The number of rotatable bonds is 6. The van der Waals surface area contributed by atoms with Gasteiger partial charge in [0.1, 0.15) is 6.61 Å². The molecule has 0 aromatic carbocycles. The quantitative estimate of drug-likeness (QED) is 0.743. The van der Waals surface area contributed by atoms with E-state index in [0.717, 1.165) is 39.3 Å². The molecule has 5 nitrogen and oxygen atoms in total. The Hall–Kier alpha value is -0.650. The van der Waals surface area contributed by atoms with Gasteiger partial charge in [0, 0.05) is 39.8 Å². The van der Waals surface area contributed by atoms with E-state index in [2.05, 4.69) is 11.8 Å². The van der Waals surface area contributed by atoms with E-state index in [1.54, 1.807) is 7.11 Å². The van der Waals surface area contributed by atoms with E-state index in [1.807, 2.05) is 4.90 Å². The molecular formula is C16H30N2O3. The molecule has 2 rings (SSSR count). The molecule has 0 N–H and O–H groups in total. The third-order valence-electron chi connectivity index (χ3n) is 4.77. The number of hydrogen-bond acceptors (Lipinski definition) is 4. The molecule has 0 radical (unpaired) electrons. The number of carbonyl (C=O) groups excluding carboxylic acids is 1. The molecule has 0 aromatic rings. The fourth-order valence-electron chi connectivity index (χ4n) is 3.30. The second-order valence-electron chi connectivity index (χ2n) is 6.33. The molecule has 5 heteroatoms. The predicted octanol–water partition coefficient (Wildman–Crippen LogP) is 1.37. The standard InChI is InChI=1S/C16H30N2O3/c1-14-5-3-4-6-15(14)21-12-11-17-7-9-18(10-8-17)16(19)13-20-2/h14-15H,3-13H2,1-2H3. The Morgan fingerprint density at radius 2 is 1.86 bits per heavy atom. The maximum absolute atomic E-state index is 11.7. The summed E-state index contributed by atoms with van der Waals surface area (Å²) in [4.78, 5) is 16.0. The van der Waals surface area contributed by atoms with Crippen LogP contribution in [0.3, 0.4) is 0 Å². The number of amides is 1. The molecule has 2 fully saturated rings. The van der Waals surface area contributed by atoms with E-state index in [0.29, 0.717) is 12.0 Å². The second kappa shape index (κ2) is 8.71. The Morgan fingerprint density at radius 1 is 1.14 bits per heavy atom. The molecule has 2 unspecified atom stereocenters. The molecule has 1 aliphatic carbocycles. The Balaban J connectivity index is 1.59. The number of ether oxygens (including phenoxy) is 2. The van der Waals surface area contributed by atoms with Crippen LogP contribution in [-0.4, -0.2) is 74.9 Å². The first-order chi connectivity index (χ1) is 10.2. The van der Waals surface area contributed by atoms with Crippen molar-refractivity contribution >= 4 is 5.91 Å². The first kappa shape index (κ1) is 16.7. The van der Waals surface area contributed by atoms with Gasteiger partial charge in [-0.1, -0.05) is 19.8 Å². The van der Waals surface area contributed by atoms with Crippen molar-refractivity contribution in [3.8, 4) is 0 Å². The van der Waals surface area contributed by atoms with Gasteiger partial charge >= 0.3 is 0 Å². The summed E-state index contributed by atoms with van der Waals surface area (Å²) in [5, 5.41) is 0. The normalized spacial score (nSPS) is 27.8. The maximum Gasteiger partial charge on any atom is 0.248 e. The Bertz CT molecular complexity index is 317. The zero-order chi connectivity index (χ0) is 15.1. The van der Waals surface area contributed by atoms with Crippen molar-refractivity contribution in [2.24, 2.45) is 5.92 Å². The summed E-state index contributed by atoms with van der Waals surface area (Å²) in [7, 11) is 1.57. The van der Waals surface area contributed by atoms with Crippen LogP contribution in [0.25, 0.3) is 0 Å². The van der Waals surface area contributed by atoms with Gasteiger partial charge in [-0.2, -0.15) is 0 Å². The molecule has 1 amide bonds. The van der Waals surface area contributed by atoms with Crippen LogP contribution in [-0.2, 0) is 14.3 Å². The van der Waals surface area contributed by atoms with Gasteiger partial charge in [-0.15, -0.1) is 0 Å². The van der Waals surface area contributed by atoms with Gasteiger partial charge in [-0.05, 0) is 18.8 Å². The molecule has 2 atom stereocenters. The predicted molar refractivity (Wildman–Crippen MR) is 82.3 cm³/mol. The molecule has 0 spiro atoms. The molecule has 2 aliphatic rings. The Morgan fingerprint density at radius 3 is 2.52 bits per heavy atom. The highest BCUT2D eigenvalue weighted by atomic mass is 16.5. The van der Waals surface area contributed by atoms with Crippen LogP contribution in [0.4, 0.5) is 0 Å². The summed E-state index contributed by atoms with van der Waals surface area (Å²) in [6, 6.07) is 0. The zero-order valence-corrected chi connectivity index (χ0v) is 13.6. The summed E-state index contributed by atoms with van der Waals surface area (Å²) >= 11 is 0. The van der Waals surface area contributed by atoms with Crippen molar-refractivity contribution in [3.63, 3.8) is 0 Å². The molecule has 1 heterocycles. The third kappa shape index (κ3) is 5.24. The van der Waals surface area contributed by atoms with Gasteiger partial charge in [0.25, 0.3) is 0 Å². The van der Waals surface area contributed by atoms with E-state index in [4.69, 9.17) is 9.47 Å². The van der Waals surface area contributed by atoms with Crippen LogP contribution in [0, 0.1) is 5.92 Å². The van der Waals surface area contributed by atoms with Gasteiger partial charge in [-0.3, -0.25) is 9.69 Å². The summed E-state index contributed by atoms with van der Waals surface area (Å²) in [5.41, 5.74) is 0. The van der Waals surface area contributed by atoms with Crippen molar-refractivity contribution in [1.29, 1.82) is 0 Å². The Labute approximate surface area is 128 Å². The van der Waals surface area contributed by atoms with E-state index in [9.17, 15) is 4.79 Å². The van der Waals surface area contributed by atoms with Gasteiger partial charge in [0.15, 0.2) is 0 Å². The van der Waals surface area contributed by atoms with Crippen molar-refractivity contribution < 1.29 is 14.3 Å². The zero-order valence-electron chi connectivity index (χ0n) is 13.6. The van der Waals surface area contributed by atoms with E-state index in [1.165, 1.54) is 25.7 Å². The summed E-state index contributed by atoms with van der Waals surface area (Å²) in [5.74, 6) is 0.812. The number of carbonyl (C=O) groups is 1. The van der Waals surface area contributed by atoms with E-state index >= 15 is 0 Å². The highest BCUT2D eigenvalue weighted by Crippen LogP contribution is 2.26. The monoisotopic (exact) mass is 298 g/mol. The van der Waals surface area contributed by atoms with E-state index < -0.39 is 0 Å². The number of methoxy groups -OCH3 is 1. The molecule has 21 heavy (non-hydrogen) atoms. The molecule has 1 saturated carbocycles. The number of nitrogens with zero attached hydrogens (tertiary/aromatic N) is 2. The van der Waals surface area contributed by atoms with Gasteiger partial charge in [0.05, 0.1) is 12.7 Å². The van der Waals surface area contributed by atoms with Crippen LogP contribution in [0.5, 0.6) is 0 Å². The highest BCUT2D eigenvalue weighted by Gasteiger charge is 2.23. The highest BCUT2D eigenvalue weighted by molar-refractivity contribution is 5.77. The smallest absolute Gasteiger partial charge is 0.248 e. The summed E-state index contributed by atoms with van der Waals surface area (Å²) in [6.07, 6.45) is 5.67. The van der Waals surface area contributed by atoms with Crippen molar-refractivity contribution in [1.82, 2.24) is 9.80 Å². The lowest BCUT2D eigenvalue weighted by atomic mass is 9.88. The lowest BCUT2D eigenvalue weighted by Crippen LogP contribution is -2.50. The molecule has 1 aliphatic heterocycles. The van der Waals surface area contributed by atoms with Crippen molar-refractivity contribution in [2.75, 3.05) is 53.0 Å². The van der Waals surface area contributed by atoms with Crippen LogP contribution in [0.1, 0.15) is 32.6 Å². The molecule has 122 valence electrons. The average molecular weight is 298 g/mol. The van der Waals surface area contributed by atoms with Crippen LogP contribution in [0.2, 0.25) is 0 Å². The van der Waals surface area contributed by atoms with Crippen molar-refractivity contribution in [2.45, 2.75) is 38.7 Å². The van der Waals surface area contributed by atoms with Gasteiger partial charge in [0.2, 0.25) is 5.91 Å². The minimum atomic E-state index is 0.101. The topological polar surface area (TPSA) is 42.0 Å². The van der Waals surface area contributed by atoms with Gasteiger partial charge in [-0.25, -0.2) is 0 Å². The second-order valence-corrected chi connectivity index (χ2v) is 6.33. The first-order valence-electron chi connectivity index (χ1n) is 8.31. The fraction of sp³-hybridized carbons (Fsp3) is 0.938. The molecular weight excluding hydrogens is 268 g/mol. The molecule has 0 bridgehead atoms. The largest absolute Gasteiger partial charge is 0.377 e. The summed E-state index contributed by atoms with van der Waals surface area (Å²) in [6.45, 7) is 7.81. The van der Waals surface area contributed by atoms with Crippen LogP contribution >= 0.6 is 0 Å². The van der Waals surface area contributed by atoms with Crippen LogP contribution < -0.4 is 0 Å².